The van der Waals surface area contributed by atoms with Gasteiger partial charge < -0.3 is 15.5 Å². The Morgan fingerprint density at radius 2 is 1.55 bits per heavy atom. The van der Waals surface area contributed by atoms with Gasteiger partial charge in [0.2, 0.25) is 17.7 Å². The SMILES string of the molecule is CC(C)C[C@@H]1C(=O)NC(C2Cc3ccccc3C2)C(=O)N1C(C(=O)NC(C)C)c1ccc2ccccc2c1. The van der Waals surface area contributed by atoms with Crippen LogP contribution in [-0.4, -0.2) is 40.7 Å². The smallest absolute Gasteiger partial charge is 0.247 e. The highest BCUT2D eigenvalue weighted by Crippen LogP contribution is 2.36. The minimum atomic E-state index is -0.907. The molecule has 6 nitrogen and oxygen atoms in total. The van der Waals surface area contributed by atoms with Crippen LogP contribution < -0.4 is 10.6 Å². The van der Waals surface area contributed by atoms with Gasteiger partial charge in [0.25, 0.3) is 0 Å². The first-order valence-corrected chi connectivity index (χ1v) is 13.7. The monoisotopic (exact) mass is 511 g/mol. The quantitative estimate of drug-likeness (QED) is 0.488. The molecule has 6 heteroatoms. The van der Waals surface area contributed by atoms with Crippen LogP contribution in [0.4, 0.5) is 0 Å². The van der Waals surface area contributed by atoms with E-state index in [0.717, 1.165) is 23.6 Å². The predicted octanol–water partition coefficient (Wildman–Crippen LogP) is 4.56. The molecule has 1 aliphatic heterocycles. The molecule has 1 saturated heterocycles. The van der Waals surface area contributed by atoms with E-state index in [4.69, 9.17) is 0 Å². The molecule has 0 saturated carbocycles. The van der Waals surface area contributed by atoms with E-state index in [1.165, 1.54) is 11.1 Å². The normalized spacial score (nSPS) is 20.6. The third-order valence-corrected chi connectivity index (χ3v) is 7.75. The molecule has 2 N–H and O–H groups in total. The molecule has 0 spiro atoms. The van der Waals surface area contributed by atoms with Crippen molar-refractivity contribution in [3.05, 3.63) is 83.4 Å². The summed E-state index contributed by atoms with van der Waals surface area (Å²) in [7, 11) is 0. The van der Waals surface area contributed by atoms with Gasteiger partial charge in [0.15, 0.2) is 0 Å². The summed E-state index contributed by atoms with van der Waals surface area (Å²) >= 11 is 0. The van der Waals surface area contributed by atoms with E-state index in [0.29, 0.717) is 12.0 Å². The summed E-state index contributed by atoms with van der Waals surface area (Å²) < 4.78 is 0. The lowest BCUT2D eigenvalue weighted by atomic mass is 9.87. The second-order valence-electron chi connectivity index (χ2n) is 11.5. The average molecular weight is 512 g/mol. The van der Waals surface area contributed by atoms with E-state index in [9.17, 15) is 14.4 Å². The molecular formula is C32H37N3O3. The molecule has 1 fully saturated rings. The van der Waals surface area contributed by atoms with Crippen LogP contribution in [0.2, 0.25) is 0 Å². The molecule has 2 aliphatic rings. The van der Waals surface area contributed by atoms with Crippen LogP contribution in [0.3, 0.4) is 0 Å². The lowest BCUT2D eigenvalue weighted by molar-refractivity contribution is -0.158. The number of nitrogens with one attached hydrogen (secondary N) is 2. The zero-order chi connectivity index (χ0) is 27.0. The first-order chi connectivity index (χ1) is 18.2. The number of carbonyl (C=O) groups is 3. The van der Waals surface area contributed by atoms with Gasteiger partial charge in [-0.15, -0.1) is 0 Å². The van der Waals surface area contributed by atoms with Crippen LogP contribution in [0, 0.1) is 11.8 Å². The second-order valence-corrected chi connectivity index (χ2v) is 11.5. The van der Waals surface area contributed by atoms with E-state index < -0.39 is 18.1 Å². The number of piperazine rings is 1. The number of benzene rings is 3. The maximum atomic E-state index is 14.4. The molecule has 5 rings (SSSR count). The van der Waals surface area contributed by atoms with Crippen LogP contribution in [0.15, 0.2) is 66.7 Å². The number of hydrogen-bond donors (Lipinski definition) is 2. The number of hydrogen-bond acceptors (Lipinski definition) is 3. The number of nitrogens with zero attached hydrogens (tertiary/aromatic N) is 1. The highest BCUT2D eigenvalue weighted by atomic mass is 16.2. The van der Waals surface area contributed by atoms with Crippen molar-refractivity contribution in [2.75, 3.05) is 0 Å². The Hall–Kier alpha value is -3.67. The first-order valence-electron chi connectivity index (χ1n) is 13.7. The fourth-order valence-corrected chi connectivity index (χ4v) is 6.05. The third-order valence-electron chi connectivity index (χ3n) is 7.75. The van der Waals surface area contributed by atoms with Crippen molar-refractivity contribution in [1.82, 2.24) is 15.5 Å². The van der Waals surface area contributed by atoms with Crippen LogP contribution in [0.1, 0.15) is 56.8 Å². The molecule has 3 amide bonds. The Kier molecular flexibility index (Phi) is 7.24. The summed E-state index contributed by atoms with van der Waals surface area (Å²) in [6, 6.07) is 19.7. The number of fused-ring (bicyclic) bond motifs is 2. The first kappa shape index (κ1) is 26.0. The van der Waals surface area contributed by atoms with Crippen LogP contribution in [-0.2, 0) is 27.2 Å². The van der Waals surface area contributed by atoms with Crippen molar-refractivity contribution in [3.63, 3.8) is 0 Å². The molecule has 38 heavy (non-hydrogen) atoms. The van der Waals surface area contributed by atoms with Crippen LogP contribution in [0.25, 0.3) is 10.8 Å². The van der Waals surface area contributed by atoms with Gasteiger partial charge in [0, 0.05) is 6.04 Å². The molecule has 0 bridgehead atoms. The highest BCUT2D eigenvalue weighted by Gasteiger charge is 2.49. The summed E-state index contributed by atoms with van der Waals surface area (Å²) in [6.45, 7) is 7.89. The summed E-state index contributed by atoms with van der Waals surface area (Å²) in [6.07, 6.45) is 1.94. The van der Waals surface area contributed by atoms with Gasteiger partial charge in [-0.05, 0) is 78.5 Å². The molecular weight excluding hydrogens is 474 g/mol. The van der Waals surface area contributed by atoms with Gasteiger partial charge in [-0.3, -0.25) is 14.4 Å². The molecule has 198 valence electrons. The maximum Gasteiger partial charge on any atom is 0.247 e. The van der Waals surface area contributed by atoms with Crippen molar-refractivity contribution in [2.24, 2.45) is 11.8 Å². The fraction of sp³-hybridized carbons (Fsp3) is 0.406. The molecule has 2 unspecified atom stereocenters. The fourth-order valence-electron chi connectivity index (χ4n) is 6.05. The van der Waals surface area contributed by atoms with Crippen molar-refractivity contribution >= 4 is 28.5 Å². The summed E-state index contributed by atoms with van der Waals surface area (Å²) in [5.41, 5.74) is 3.16. The van der Waals surface area contributed by atoms with Gasteiger partial charge in [-0.2, -0.15) is 0 Å². The van der Waals surface area contributed by atoms with E-state index in [1.54, 1.807) is 4.90 Å². The van der Waals surface area contributed by atoms with Gasteiger partial charge >= 0.3 is 0 Å². The van der Waals surface area contributed by atoms with Gasteiger partial charge in [0.1, 0.15) is 18.1 Å². The average Bonchev–Trinajstić information content (AvgIpc) is 3.31. The minimum Gasteiger partial charge on any atom is -0.352 e. The Morgan fingerprint density at radius 1 is 0.921 bits per heavy atom. The number of rotatable bonds is 7. The largest absolute Gasteiger partial charge is 0.352 e. The Labute approximate surface area is 224 Å². The highest BCUT2D eigenvalue weighted by molar-refractivity contribution is 6.00. The number of carbonyl (C=O) groups excluding carboxylic acids is 3. The molecule has 0 radical (unpaired) electrons. The van der Waals surface area contributed by atoms with Gasteiger partial charge in [-0.25, -0.2) is 0 Å². The summed E-state index contributed by atoms with van der Waals surface area (Å²) in [5.74, 6) is -0.497. The zero-order valence-corrected chi connectivity index (χ0v) is 22.6. The Morgan fingerprint density at radius 3 is 2.18 bits per heavy atom. The summed E-state index contributed by atoms with van der Waals surface area (Å²) in [4.78, 5) is 43.5. The summed E-state index contributed by atoms with van der Waals surface area (Å²) in [5, 5.41) is 8.16. The van der Waals surface area contributed by atoms with Crippen molar-refractivity contribution in [1.29, 1.82) is 0 Å². The Bertz CT molecular complexity index is 1340. The van der Waals surface area contributed by atoms with E-state index >= 15 is 0 Å². The molecule has 1 aliphatic carbocycles. The van der Waals surface area contributed by atoms with E-state index in [-0.39, 0.29) is 35.6 Å². The second kappa shape index (κ2) is 10.6. The topological polar surface area (TPSA) is 78.5 Å². The van der Waals surface area contributed by atoms with Crippen molar-refractivity contribution < 1.29 is 14.4 Å². The Balaban J connectivity index is 1.58. The van der Waals surface area contributed by atoms with Crippen LogP contribution >= 0.6 is 0 Å². The van der Waals surface area contributed by atoms with E-state index in [1.807, 2.05) is 82.3 Å². The van der Waals surface area contributed by atoms with Crippen LogP contribution in [0.5, 0.6) is 0 Å². The predicted molar refractivity (Wildman–Crippen MR) is 149 cm³/mol. The molecule has 3 aromatic rings. The molecule has 3 aromatic carbocycles. The van der Waals surface area contributed by atoms with Gasteiger partial charge in [0.05, 0.1) is 0 Å². The van der Waals surface area contributed by atoms with E-state index in [2.05, 4.69) is 22.8 Å². The van der Waals surface area contributed by atoms with Gasteiger partial charge in [-0.1, -0.05) is 74.5 Å². The molecule has 3 atom stereocenters. The standard InChI is InChI=1S/C32H37N3O3/c1-19(2)15-27-30(36)34-28(26-17-23-11-7-8-12-24(23)18-26)32(38)35(27)29(31(37)33-20(3)4)25-14-13-21-9-5-6-10-22(21)16-25/h5-14,16,19-20,26-29H,15,17-18H2,1-4H3,(H,33,37)(H,34,36)/t27-,28?,29?/m1/s1. The lowest BCUT2D eigenvalue weighted by Crippen LogP contribution is -2.67. The molecule has 0 aromatic heterocycles. The number of amides is 3. The third kappa shape index (κ3) is 5.04. The minimum absolute atomic E-state index is 0.0447. The van der Waals surface area contributed by atoms with Crippen molar-refractivity contribution in [2.45, 2.75) is 71.1 Å². The molecule has 1 heterocycles. The van der Waals surface area contributed by atoms with Crippen molar-refractivity contribution in [3.8, 4) is 0 Å². The lowest BCUT2D eigenvalue weighted by Gasteiger charge is -2.45. The zero-order valence-electron chi connectivity index (χ0n) is 22.6. The maximum absolute atomic E-state index is 14.4.